The largest absolute Gasteiger partial charge is 0.484 e. The molecule has 0 radical (unpaired) electrons. The molecule has 1 fully saturated rings. The zero-order valence-electron chi connectivity index (χ0n) is 15.4. The highest BCUT2D eigenvalue weighted by Crippen LogP contribution is 2.27. The van der Waals surface area contributed by atoms with Crippen molar-refractivity contribution in [2.75, 3.05) is 13.1 Å². The van der Waals surface area contributed by atoms with Gasteiger partial charge in [-0.05, 0) is 37.1 Å². The van der Waals surface area contributed by atoms with E-state index in [4.69, 9.17) is 9.26 Å². The Balaban J connectivity index is 1.30. The molecule has 1 aliphatic rings. The predicted octanol–water partition coefficient (Wildman–Crippen LogP) is 2.54. The number of hydrogen-bond donors (Lipinski definition) is 0. The number of carbonyl (C=O) groups is 1. The third kappa shape index (κ3) is 4.03. The van der Waals surface area contributed by atoms with Gasteiger partial charge in [0.1, 0.15) is 11.6 Å². The third-order valence-electron chi connectivity index (χ3n) is 4.76. The first-order valence-electron chi connectivity index (χ1n) is 9.07. The van der Waals surface area contributed by atoms with Crippen molar-refractivity contribution in [3.8, 4) is 5.75 Å². The number of ether oxygens (including phenoxy) is 1. The Bertz CT molecular complexity index is 945. The van der Waals surface area contributed by atoms with Crippen molar-refractivity contribution >= 4 is 5.91 Å². The molecule has 3 aromatic rings. The molecule has 146 valence electrons. The first-order valence-corrected chi connectivity index (χ1v) is 9.07. The van der Waals surface area contributed by atoms with Gasteiger partial charge in [-0.25, -0.2) is 4.39 Å². The van der Waals surface area contributed by atoms with Crippen molar-refractivity contribution in [1.82, 2.24) is 24.8 Å². The van der Waals surface area contributed by atoms with Crippen molar-refractivity contribution in [3.63, 3.8) is 0 Å². The van der Waals surface area contributed by atoms with Crippen molar-refractivity contribution < 1.29 is 18.4 Å². The van der Waals surface area contributed by atoms with Crippen LogP contribution in [0.25, 0.3) is 0 Å². The number of carbonyl (C=O) groups excluding carboxylic acids is 1. The van der Waals surface area contributed by atoms with E-state index < -0.39 is 0 Å². The Kier molecular flexibility index (Phi) is 5.05. The number of halogens is 1. The molecule has 8 nitrogen and oxygen atoms in total. The summed E-state index contributed by atoms with van der Waals surface area (Å²) in [5.41, 5.74) is 0.598. The lowest BCUT2D eigenvalue weighted by Gasteiger charge is -2.30. The second-order valence-electron chi connectivity index (χ2n) is 6.76. The maximum atomic E-state index is 12.9. The Hall–Kier alpha value is -3.23. The number of aromatic nitrogens is 4. The van der Waals surface area contributed by atoms with Gasteiger partial charge >= 0.3 is 0 Å². The second kappa shape index (κ2) is 7.79. The predicted molar refractivity (Wildman–Crippen MR) is 96.1 cm³/mol. The minimum absolute atomic E-state index is 0.00644. The van der Waals surface area contributed by atoms with Gasteiger partial charge < -0.3 is 14.2 Å². The molecule has 3 heterocycles. The molecule has 0 saturated carbocycles. The van der Waals surface area contributed by atoms with Crippen LogP contribution in [0.1, 0.15) is 40.8 Å². The van der Waals surface area contributed by atoms with E-state index in [-0.39, 0.29) is 24.2 Å². The summed E-state index contributed by atoms with van der Waals surface area (Å²) in [4.78, 5) is 18.7. The smallest absolute Gasteiger partial charge is 0.264 e. The molecule has 28 heavy (non-hydrogen) atoms. The fourth-order valence-electron chi connectivity index (χ4n) is 3.22. The van der Waals surface area contributed by atoms with E-state index in [0.29, 0.717) is 36.1 Å². The second-order valence-corrected chi connectivity index (χ2v) is 6.76. The first-order chi connectivity index (χ1) is 13.6. The molecule has 0 N–H and O–H groups in total. The van der Waals surface area contributed by atoms with Gasteiger partial charge in [0.15, 0.2) is 12.4 Å². The van der Waals surface area contributed by atoms with Crippen LogP contribution < -0.4 is 4.74 Å². The van der Waals surface area contributed by atoms with Crippen molar-refractivity contribution in [2.24, 2.45) is 7.05 Å². The van der Waals surface area contributed by atoms with Gasteiger partial charge in [-0.15, -0.1) is 0 Å². The van der Waals surface area contributed by atoms with E-state index in [0.717, 1.165) is 12.8 Å². The van der Waals surface area contributed by atoms with Crippen LogP contribution in [-0.2, 0) is 13.7 Å². The average molecular weight is 385 g/mol. The molecule has 1 aliphatic heterocycles. The van der Waals surface area contributed by atoms with Gasteiger partial charge in [0.05, 0.1) is 11.8 Å². The van der Waals surface area contributed by atoms with Crippen LogP contribution in [0, 0.1) is 5.82 Å². The highest BCUT2D eigenvalue weighted by Gasteiger charge is 2.28. The Morgan fingerprint density at radius 2 is 2.04 bits per heavy atom. The lowest BCUT2D eigenvalue weighted by atomic mass is 9.96. The van der Waals surface area contributed by atoms with E-state index in [1.807, 2.05) is 4.90 Å². The molecule has 2 aromatic heterocycles. The molecule has 0 aliphatic carbocycles. The topological polar surface area (TPSA) is 86.3 Å². The quantitative estimate of drug-likeness (QED) is 0.671. The van der Waals surface area contributed by atoms with Crippen LogP contribution in [0.15, 0.2) is 41.2 Å². The highest BCUT2D eigenvalue weighted by molar-refractivity contribution is 5.93. The molecule has 4 rings (SSSR count). The summed E-state index contributed by atoms with van der Waals surface area (Å²) < 4.78 is 25.3. The maximum Gasteiger partial charge on any atom is 0.264 e. The standard InChI is InChI=1S/C19H20FN5O3/c1-24-11-14(10-21-24)19(26)25-8-6-13(7-9-25)18-22-17(28-23-18)12-27-16-4-2-15(20)3-5-16/h2-5,10-11,13H,6-9,12H2,1H3. The van der Waals surface area contributed by atoms with E-state index in [1.54, 1.807) is 36.3 Å². The van der Waals surface area contributed by atoms with Crippen LogP contribution >= 0.6 is 0 Å². The number of piperidine rings is 1. The van der Waals surface area contributed by atoms with E-state index in [2.05, 4.69) is 15.2 Å². The van der Waals surface area contributed by atoms with Crippen molar-refractivity contribution in [2.45, 2.75) is 25.4 Å². The summed E-state index contributed by atoms with van der Waals surface area (Å²) in [6.07, 6.45) is 4.84. The first kappa shape index (κ1) is 18.1. The lowest BCUT2D eigenvalue weighted by Crippen LogP contribution is -2.38. The summed E-state index contributed by atoms with van der Waals surface area (Å²) in [6.45, 7) is 1.39. The minimum Gasteiger partial charge on any atom is -0.484 e. The molecule has 0 atom stereocenters. The number of hydrogen-bond acceptors (Lipinski definition) is 6. The molecule has 1 aromatic carbocycles. The summed E-state index contributed by atoms with van der Waals surface area (Å²) in [7, 11) is 1.79. The van der Waals surface area contributed by atoms with E-state index >= 15 is 0 Å². The van der Waals surface area contributed by atoms with E-state index in [9.17, 15) is 9.18 Å². The normalized spacial score (nSPS) is 15.0. The third-order valence-corrected chi connectivity index (χ3v) is 4.76. The summed E-state index contributed by atoms with van der Waals surface area (Å²) in [6, 6.07) is 5.74. The van der Waals surface area contributed by atoms with Gasteiger partial charge in [-0.2, -0.15) is 10.1 Å². The molecular weight excluding hydrogens is 365 g/mol. The number of likely N-dealkylation sites (tertiary alicyclic amines) is 1. The Morgan fingerprint density at radius 1 is 1.29 bits per heavy atom. The van der Waals surface area contributed by atoms with Gasteiger partial charge in [-0.3, -0.25) is 9.48 Å². The summed E-state index contributed by atoms with van der Waals surface area (Å²) in [5.74, 6) is 1.35. The summed E-state index contributed by atoms with van der Waals surface area (Å²) >= 11 is 0. The molecule has 0 bridgehead atoms. The van der Waals surface area contributed by atoms with Gasteiger partial charge in [0.2, 0.25) is 0 Å². The summed E-state index contributed by atoms with van der Waals surface area (Å²) in [5, 5.41) is 8.10. The zero-order chi connectivity index (χ0) is 19.5. The SMILES string of the molecule is Cn1cc(C(=O)N2CCC(c3noc(COc4ccc(F)cc4)n3)CC2)cn1. The molecule has 1 saturated heterocycles. The van der Waals surface area contributed by atoms with Crippen LogP contribution in [0.2, 0.25) is 0 Å². The van der Waals surface area contributed by atoms with Crippen molar-refractivity contribution in [1.29, 1.82) is 0 Å². The number of rotatable bonds is 5. The number of benzene rings is 1. The minimum atomic E-state index is -0.319. The highest BCUT2D eigenvalue weighted by atomic mass is 19.1. The number of amides is 1. The Morgan fingerprint density at radius 3 is 2.71 bits per heavy atom. The zero-order valence-corrected chi connectivity index (χ0v) is 15.4. The molecule has 1 amide bonds. The number of nitrogens with zero attached hydrogens (tertiary/aromatic N) is 5. The fraction of sp³-hybridized carbons (Fsp3) is 0.368. The van der Waals surface area contributed by atoms with E-state index in [1.165, 1.54) is 12.1 Å². The molecule has 0 unspecified atom stereocenters. The molecule has 9 heteroatoms. The van der Waals surface area contributed by atoms with Gasteiger partial charge in [-0.1, -0.05) is 5.16 Å². The lowest BCUT2D eigenvalue weighted by molar-refractivity contribution is 0.0710. The van der Waals surface area contributed by atoms with Crippen LogP contribution in [0.3, 0.4) is 0 Å². The Labute approximate surface area is 160 Å². The molecular formula is C19H20FN5O3. The molecule has 0 spiro atoms. The van der Waals surface area contributed by atoms with Crippen LogP contribution in [0.4, 0.5) is 4.39 Å². The average Bonchev–Trinajstić information content (AvgIpc) is 3.36. The maximum absolute atomic E-state index is 12.9. The van der Waals surface area contributed by atoms with Gasteiger partial charge in [0, 0.05) is 32.3 Å². The monoisotopic (exact) mass is 385 g/mol. The van der Waals surface area contributed by atoms with Crippen molar-refractivity contribution in [3.05, 3.63) is 59.8 Å². The van der Waals surface area contributed by atoms with Crippen LogP contribution in [-0.4, -0.2) is 43.8 Å². The fourth-order valence-corrected chi connectivity index (χ4v) is 3.22. The van der Waals surface area contributed by atoms with Gasteiger partial charge in [0.25, 0.3) is 11.8 Å². The van der Waals surface area contributed by atoms with Crippen LogP contribution in [0.5, 0.6) is 5.75 Å². The number of aryl methyl sites for hydroxylation is 1.